The van der Waals surface area contributed by atoms with E-state index in [1.165, 1.54) is 7.11 Å². The van der Waals surface area contributed by atoms with Gasteiger partial charge in [-0.25, -0.2) is 9.78 Å². The maximum atomic E-state index is 11.8. The quantitative estimate of drug-likeness (QED) is 0.490. The van der Waals surface area contributed by atoms with Crippen LogP contribution in [0.25, 0.3) is 23.1 Å². The number of carbonyl (C=O) groups excluding carboxylic acids is 1. The van der Waals surface area contributed by atoms with Crippen molar-refractivity contribution >= 4 is 40.6 Å². The van der Waals surface area contributed by atoms with E-state index in [2.05, 4.69) is 4.98 Å². The average molecular weight is 338 g/mol. The number of halogens is 1. The topological polar surface area (TPSA) is 39.2 Å². The largest absolute Gasteiger partial charge is 0.464 e. The number of pyridine rings is 1. The number of nitrogens with zero attached hydrogens (tertiary/aromatic N) is 1. The van der Waals surface area contributed by atoms with Crippen LogP contribution in [0, 0.1) is 6.92 Å². The maximum Gasteiger partial charge on any atom is 0.356 e. The second kappa shape index (κ2) is 6.85. The van der Waals surface area contributed by atoms with Crippen LogP contribution in [-0.2, 0) is 4.74 Å². The highest BCUT2D eigenvalue weighted by Crippen LogP contribution is 2.28. The minimum Gasteiger partial charge on any atom is -0.464 e. The van der Waals surface area contributed by atoms with E-state index in [1.807, 2.05) is 61.5 Å². The second-order valence-corrected chi connectivity index (χ2v) is 5.88. The van der Waals surface area contributed by atoms with Crippen molar-refractivity contribution in [2.45, 2.75) is 6.92 Å². The molecule has 0 saturated carbocycles. The molecule has 3 nitrogen and oxygen atoms in total. The zero-order chi connectivity index (χ0) is 17.1. The summed E-state index contributed by atoms with van der Waals surface area (Å²) in [6, 6.07) is 15.5. The molecule has 0 unspecified atom stereocenters. The van der Waals surface area contributed by atoms with Gasteiger partial charge in [0.1, 0.15) is 0 Å². The van der Waals surface area contributed by atoms with Crippen molar-refractivity contribution in [3.8, 4) is 0 Å². The minimum atomic E-state index is -0.502. The van der Waals surface area contributed by atoms with E-state index in [-0.39, 0.29) is 5.69 Å². The zero-order valence-corrected chi connectivity index (χ0v) is 14.2. The van der Waals surface area contributed by atoms with Crippen LogP contribution in [0.5, 0.6) is 0 Å². The molecule has 4 heteroatoms. The van der Waals surface area contributed by atoms with E-state index < -0.39 is 5.97 Å². The number of rotatable bonds is 3. The van der Waals surface area contributed by atoms with Crippen molar-refractivity contribution < 1.29 is 9.53 Å². The molecule has 1 heterocycles. The Kier molecular flexibility index (Phi) is 4.63. The number of carbonyl (C=O) groups is 1. The molecule has 0 radical (unpaired) electrons. The minimum absolute atomic E-state index is 0.202. The molecule has 0 spiro atoms. The maximum absolute atomic E-state index is 11.8. The second-order valence-electron chi connectivity index (χ2n) is 5.48. The predicted molar refractivity (Wildman–Crippen MR) is 98.2 cm³/mol. The van der Waals surface area contributed by atoms with Crippen LogP contribution in [0.1, 0.15) is 27.2 Å². The fraction of sp³-hybridized carbons (Fsp3) is 0.100. The lowest BCUT2D eigenvalue weighted by atomic mass is 10.0. The van der Waals surface area contributed by atoms with Gasteiger partial charge in [0.2, 0.25) is 0 Å². The van der Waals surface area contributed by atoms with Gasteiger partial charge in [-0.1, -0.05) is 54.1 Å². The number of methoxy groups -OCH3 is 1. The van der Waals surface area contributed by atoms with Gasteiger partial charge in [0.15, 0.2) is 5.69 Å². The zero-order valence-electron chi connectivity index (χ0n) is 13.4. The van der Waals surface area contributed by atoms with Crippen molar-refractivity contribution in [1.29, 1.82) is 0 Å². The lowest BCUT2D eigenvalue weighted by Gasteiger charge is -2.08. The molecule has 0 aliphatic rings. The highest BCUT2D eigenvalue weighted by molar-refractivity contribution is 6.35. The number of benzene rings is 2. The van der Waals surface area contributed by atoms with Crippen LogP contribution in [0.3, 0.4) is 0 Å². The van der Waals surface area contributed by atoms with Crippen LogP contribution in [0.15, 0.2) is 48.5 Å². The van der Waals surface area contributed by atoms with Crippen LogP contribution in [-0.4, -0.2) is 18.1 Å². The van der Waals surface area contributed by atoms with Gasteiger partial charge in [0.05, 0.1) is 17.6 Å². The summed E-state index contributed by atoms with van der Waals surface area (Å²) in [5, 5.41) is 1.30. The molecule has 0 atom stereocenters. The summed E-state index contributed by atoms with van der Waals surface area (Å²) in [5.74, 6) is -0.502. The molecule has 120 valence electrons. The van der Waals surface area contributed by atoms with E-state index in [0.29, 0.717) is 10.5 Å². The standard InChI is InChI=1S/C20H16ClNO2/c1-13-10-15(9-8-14-6-4-3-5-7-14)19-16(11-13)17(21)12-18(22-19)20(23)24-2/h3-12H,1-2H3/b9-8+. The number of esters is 1. The first-order valence-corrected chi connectivity index (χ1v) is 7.88. The first-order valence-electron chi connectivity index (χ1n) is 7.51. The first-order chi connectivity index (χ1) is 11.6. The first kappa shape index (κ1) is 16.2. The highest BCUT2D eigenvalue weighted by Gasteiger charge is 2.13. The lowest BCUT2D eigenvalue weighted by molar-refractivity contribution is 0.0594. The molecule has 3 aromatic rings. The summed E-state index contributed by atoms with van der Waals surface area (Å²) in [6.07, 6.45) is 3.99. The Balaban J connectivity index is 2.17. The molecule has 0 fully saturated rings. The third-order valence-corrected chi connectivity index (χ3v) is 4.00. The molecule has 2 aromatic carbocycles. The Morgan fingerprint density at radius 3 is 2.58 bits per heavy atom. The van der Waals surface area contributed by atoms with Crippen molar-refractivity contribution in [2.75, 3.05) is 7.11 Å². The third kappa shape index (κ3) is 3.31. The smallest absolute Gasteiger partial charge is 0.356 e. The fourth-order valence-corrected chi connectivity index (χ4v) is 2.80. The molecule has 0 amide bonds. The number of hydrogen-bond donors (Lipinski definition) is 0. The van der Waals surface area contributed by atoms with Gasteiger partial charge in [-0.05, 0) is 36.2 Å². The highest BCUT2D eigenvalue weighted by atomic mass is 35.5. The molecule has 1 aromatic heterocycles. The normalized spacial score (nSPS) is 11.1. The summed E-state index contributed by atoms with van der Waals surface area (Å²) in [4.78, 5) is 16.3. The van der Waals surface area contributed by atoms with E-state index in [9.17, 15) is 4.79 Å². The predicted octanol–water partition coefficient (Wildman–Crippen LogP) is 5.15. The third-order valence-electron chi connectivity index (χ3n) is 3.69. The number of ether oxygens (including phenoxy) is 1. The molecular weight excluding hydrogens is 322 g/mol. The molecule has 3 rings (SSSR count). The van der Waals surface area contributed by atoms with E-state index >= 15 is 0 Å². The van der Waals surface area contributed by atoms with Gasteiger partial charge >= 0.3 is 5.97 Å². The summed E-state index contributed by atoms with van der Waals surface area (Å²) in [6.45, 7) is 2.00. The van der Waals surface area contributed by atoms with Crippen LogP contribution in [0.4, 0.5) is 0 Å². The monoisotopic (exact) mass is 337 g/mol. The van der Waals surface area contributed by atoms with Gasteiger partial charge in [-0.15, -0.1) is 0 Å². The van der Waals surface area contributed by atoms with Crippen molar-refractivity contribution in [3.05, 3.63) is 75.9 Å². The van der Waals surface area contributed by atoms with Gasteiger partial charge in [-0.2, -0.15) is 0 Å². The molecule has 24 heavy (non-hydrogen) atoms. The molecule has 0 saturated heterocycles. The SMILES string of the molecule is COC(=O)c1cc(Cl)c2cc(C)cc(/C=C/c3ccccc3)c2n1. The van der Waals surface area contributed by atoms with Crippen molar-refractivity contribution in [1.82, 2.24) is 4.98 Å². The Morgan fingerprint density at radius 1 is 1.12 bits per heavy atom. The Morgan fingerprint density at radius 2 is 1.88 bits per heavy atom. The molecule has 0 bridgehead atoms. The van der Waals surface area contributed by atoms with Gasteiger partial charge in [-0.3, -0.25) is 0 Å². The summed E-state index contributed by atoms with van der Waals surface area (Å²) in [7, 11) is 1.33. The number of aryl methyl sites for hydroxylation is 1. The Bertz CT molecular complexity index is 933. The van der Waals surface area contributed by atoms with E-state index in [1.54, 1.807) is 6.07 Å². The summed E-state index contributed by atoms with van der Waals surface area (Å²) >= 11 is 6.35. The molecule has 0 aliphatic heterocycles. The van der Waals surface area contributed by atoms with Gasteiger partial charge in [0.25, 0.3) is 0 Å². The van der Waals surface area contributed by atoms with Crippen molar-refractivity contribution in [3.63, 3.8) is 0 Å². The molecular formula is C20H16ClNO2. The number of hydrogen-bond acceptors (Lipinski definition) is 3. The van der Waals surface area contributed by atoms with Gasteiger partial charge < -0.3 is 4.74 Å². The van der Waals surface area contributed by atoms with Crippen LogP contribution >= 0.6 is 11.6 Å². The molecule has 0 N–H and O–H groups in total. The van der Waals surface area contributed by atoms with Crippen LogP contribution in [0.2, 0.25) is 5.02 Å². The van der Waals surface area contributed by atoms with E-state index in [0.717, 1.165) is 22.1 Å². The Labute approximate surface area is 145 Å². The fourth-order valence-electron chi connectivity index (χ4n) is 2.55. The van der Waals surface area contributed by atoms with Gasteiger partial charge in [0, 0.05) is 10.9 Å². The number of fused-ring (bicyclic) bond motifs is 1. The number of aromatic nitrogens is 1. The van der Waals surface area contributed by atoms with Crippen LogP contribution < -0.4 is 0 Å². The Hall–Kier alpha value is -2.65. The summed E-state index contributed by atoms with van der Waals surface area (Å²) in [5.41, 5.74) is 3.95. The van der Waals surface area contributed by atoms with E-state index in [4.69, 9.17) is 16.3 Å². The van der Waals surface area contributed by atoms with Crippen molar-refractivity contribution in [2.24, 2.45) is 0 Å². The average Bonchev–Trinajstić information content (AvgIpc) is 2.60. The molecule has 0 aliphatic carbocycles. The summed E-state index contributed by atoms with van der Waals surface area (Å²) < 4.78 is 4.75. The lowest BCUT2D eigenvalue weighted by Crippen LogP contribution is -2.05.